The van der Waals surface area contributed by atoms with Gasteiger partial charge >= 0.3 is 0 Å². The molecule has 126 heavy (non-hydrogen) atoms. The number of hydrogen-bond acceptors (Lipinski definition) is 12. The largest absolute Gasteiger partial charge is 0.490 e. The van der Waals surface area contributed by atoms with Gasteiger partial charge in [0.15, 0.2) is 24.9 Å². The van der Waals surface area contributed by atoms with Crippen LogP contribution in [0.25, 0.3) is 0 Å². The number of nitrogens with zero attached hydrogens (tertiary/aromatic N) is 4. The molecule has 0 unspecified atom stereocenters. The fraction of sp³-hybridized carbons (Fsp3) is 0.580. The lowest BCUT2D eigenvalue weighted by Crippen LogP contribution is -2.90. The van der Waals surface area contributed by atoms with Gasteiger partial charge in [0.1, 0.15) is 84.1 Å². The molecule has 3 aliphatic carbocycles. The lowest BCUT2D eigenvalue weighted by Gasteiger charge is -2.33. The number of benzene rings is 6. The Balaban J connectivity index is 0.000000153. The van der Waals surface area contributed by atoms with Gasteiger partial charge in [-0.1, -0.05) is 63.9 Å². The van der Waals surface area contributed by atoms with Crippen LogP contribution < -0.4 is 71.8 Å². The Kier molecular flexibility index (Phi) is 33.5. The van der Waals surface area contributed by atoms with Crippen LogP contribution in [-0.4, -0.2) is 203 Å². The number of rotatable bonds is 28. The standard InChI is InChI=1S/C34H47FN4O4.C34H46N4O4.C32H43FN4O4/c1-34(2,22-36)33(41)38-20-23-16-26(35)19-29(17-23)42-27-11-14-39(15-12-27)32(40)25-8-9-31(43-28-10-13-37-21-28)30(18-25)24-6-4-3-5-7-24;1-24-17-25(23-38-16-13-36-22-33(38)39)19-30(18-24)41-28-10-14-37(15-11-28)34(40)27-7-8-32(42-29-9-12-35-21-29)31(20-27)26-5-3-2-4-6-26;33-25-16-22(20-36-31(38)8-12-34)17-28(19-25)40-26-10-14-37(15-11-26)32(39)24-6-7-30(41-27-9-13-35-21-27)29(18-24)23-4-2-1-3-5-23/h8-9,16-19,24,27-28,37H,3-7,10-15,20-22,36H2,1-2H3,(H,38,41);7-8,17-20,26,28-29,35-36H,2-6,9-16,21-23H2,1H3;6-7,16-19,23,26-27,35H,1-5,8-15,20-21,34H2,(H,36,38)/p+6/t28-;29-;27-/m000/s1. The van der Waals surface area contributed by atoms with Crippen molar-refractivity contribution < 1.29 is 98.7 Å². The van der Waals surface area contributed by atoms with E-state index in [9.17, 15) is 37.5 Å². The number of ether oxygens (including phenoxy) is 6. The summed E-state index contributed by atoms with van der Waals surface area (Å²) < 4.78 is 66.8. The number of nitrogens with one attached hydrogen (secondary N) is 2. The fourth-order valence-electron chi connectivity index (χ4n) is 19.9. The Hall–Kier alpha value is -9.44. The molecule has 0 radical (unpaired) electrons. The first-order valence-electron chi connectivity index (χ1n) is 47.9. The topological polar surface area (TPSA) is 317 Å². The molecule has 6 aromatic carbocycles. The molecular weight excluding hydrogens is 1600 g/mol. The van der Waals surface area contributed by atoms with E-state index in [0.717, 1.165) is 161 Å². The van der Waals surface area contributed by atoms with Crippen molar-refractivity contribution >= 4 is 35.4 Å². The zero-order valence-electron chi connectivity index (χ0n) is 75.1. The molecule has 24 nitrogen and oxygen atoms in total. The number of carbonyl (C=O) groups is 6. The Labute approximate surface area is 743 Å². The first kappa shape index (κ1) is 92.7. The number of piperazine rings is 1. The first-order chi connectivity index (χ1) is 61.2. The van der Waals surface area contributed by atoms with Crippen LogP contribution in [0.5, 0.6) is 34.5 Å². The first-order valence-corrected chi connectivity index (χ1v) is 47.9. The van der Waals surface area contributed by atoms with E-state index in [4.69, 9.17) is 28.4 Å². The molecule has 0 bridgehead atoms. The quantitative estimate of drug-likeness (QED) is 0.0232. The van der Waals surface area contributed by atoms with Crippen molar-refractivity contribution in [3.8, 4) is 34.5 Å². The number of quaternary nitrogens is 6. The van der Waals surface area contributed by atoms with Gasteiger partial charge in [0.25, 0.3) is 23.6 Å². The Morgan fingerprint density at radius 1 is 0.421 bits per heavy atom. The van der Waals surface area contributed by atoms with E-state index in [1.807, 2.05) is 63.8 Å². The molecule has 0 spiro atoms. The number of halogens is 2. The minimum Gasteiger partial charge on any atom is -0.490 e. The minimum absolute atomic E-state index is 0.0465. The van der Waals surface area contributed by atoms with Crippen LogP contribution in [0.3, 0.4) is 0 Å². The summed E-state index contributed by atoms with van der Waals surface area (Å²) in [5, 5.41) is 14.6. The molecule has 6 aromatic rings. The number of carbonyl (C=O) groups excluding carboxylic acids is 6. The average Bonchev–Trinajstić information content (AvgIpc) is 1.04. The van der Waals surface area contributed by atoms with Gasteiger partial charge in [-0.25, -0.2) is 8.78 Å². The lowest BCUT2D eigenvalue weighted by atomic mass is 9.83. The van der Waals surface area contributed by atoms with E-state index in [0.29, 0.717) is 138 Å². The van der Waals surface area contributed by atoms with E-state index in [1.54, 1.807) is 12.1 Å². The third-order valence-corrected chi connectivity index (χ3v) is 27.5. The molecule has 26 heteroatoms. The van der Waals surface area contributed by atoms with E-state index >= 15 is 0 Å². The van der Waals surface area contributed by atoms with E-state index in [1.165, 1.54) is 112 Å². The van der Waals surface area contributed by atoms with E-state index < -0.39 is 17.0 Å². The summed E-state index contributed by atoms with van der Waals surface area (Å²) >= 11 is 0. The summed E-state index contributed by atoms with van der Waals surface area (Å²) in [6, 6.07) is 33.7. The van der Waals surface area contributed by atoms with Crippen LogP contribution in [0.1, 0.15) is 262 Å². The van der Waals surface area contributed by atoms with Crippen LogP contribution >= 0.6 is 0 Å². The fourth-order valence-corrected chi connectivity index (χ4v) is 19.9. The summed E-state index contributed by atoms with van der Waals surface area (Å²) in [6.45, 7) is 20.1. The summed E-state index contributed by atoms with van der Waals surface area (Å²) in [5.41, 5.74) is 16.3. The van der Waals surface area contributed by atoms with E-state index in [2.05, 4.69) is 92.8 Å². The van der Waals surface area contributed by atoms with Crippen molar-refractivity contribution in [3.63, 3.8) is 0 Å². The third-order valence-electron chi connectivity index (χ3n) is 27.5. The summed E-state index contributed by atoms with van der Waals surface area (Å²) in [6.07, 6.45) is 26.7. The van der Waals surface area contributed by atoms with Crippen LogP contribution in [0.15, 0.2) is 109 Å². The van der Waals surface area contributed by atoms with Crippen LogP contribution in [0, 0.1) is 24.0 Å². The van der Waals surface area contributed by atoms with Gasteiger partial charge in [0, 0.05) is 146 Å². The van der Waals surface area contributed by atoms with Crippen molar-refractivity contribution in [1.29, 1.82) is 0 Å². The SMILES string of the molecule is CC(C)(C[NH3+])C(=O)NCc1cc(F)cc(OC2CCN(C(=O)c3ccc(O[C@H]4CC[NH2+]C4)c(C4CCCCC4)c3)CC2)c1.Cc1cc(CN2CC[NH2+]CC2=O)cc(OC2CCN(C(=O)c3ccc(O[C@H]4CC[NH2+]C4)c(C4CCCCC4)c3)CC2)c1.[NH3+]CCC(=O)NCc1cc(F)cc(OC2CCN(C(=O)c3ccc(O[C@H]4CC[NH2+]C4)c(C4CCCCC4)c3)CC2)c1. The second-order valence-electron chi connectivity index (χ2n) is 37.7. The monoisotopic (exact) mass is 1740 g/mol. The van der Waals surface area contributed by atoms with Crippen LogP contribution in [0.4, 0.5) is 8.78 Å². The summed E-state index contributed by atoms with van der Waals surface area (Å²) in [4.78, 5) is 85.1. The molecule has 16 N–H and O–H groups in total. The van der Waals surface area contributed by atoms with Gasteiger partial charge in [-0.05, 0) is 207 Å². The summed E-state index contributed by atoms with van der Waals surface area (Å²) in [7, 11) is 0. The van der Waals surface area contributed by atoms with Crippen molar-refractivity contribution in [2.45, 2.75) is 255 Å². The number of likely N-dealkylation sites (tertiary alicyclic amines) is 3. The maximum Gasteiger partial charge on any atom is 0.278 e. The van der Waals surface area contributed by atoms with Gasteiger partial charge in [-0.2, -0.15) is 0 Å². The highest BCUT2D eigenvalue weighted by Gasteiger charge is 2.36. The molecule has 7 saturated heterocycles. The van der Waals surface area contributed by atoms with Crippen LogP contribution in [-0.2, 0) is 34.0 Å². The number of piperidine rings is 3. The molecule has 3 atom stereocenters. The third kappa shape index (κ3) is 26.2. The Bertz CT molecular complexity index is 4610. The molecule has 10 fully saturated rings. The zero-order chi connectivity index (χ0) is 87.9. The Morgan fingerprint density at radius 2 is 0.802 bits per heavy atom. The molecule has 10 aliphatic rings. The number of hydrogen-bond donors (Lipinski definition) is 8. The highest BCUT2D eigenvalue weighted by molar-refractivity contribution is 5.96. The number of amides is 6. The van der Waals surface area contributed by atoms with E-state index in [-0.39, 0.29) is 85.2 Å². The number of aryl methyl sites for hydroxylation is 1. The average molecular weight is 1740 g/mol. The molecule has 6 amide bonds. The maximum absolute atomic E-state index is 14.4. The second-order valence-corrected chi connectivity index (χ2v) is 37.7. The van der Waals surface area contributed by atoms with Gasteiger partial charge < -0.3 is 91.4 Å². The molecule has 16 rings (SSSR count). The normalized spacial score (nSPS) is 20.9. The molecule has 3 saturated carbocycles. The predicted octanol–water partition coefficient (Wildman–Crippen LogP) is 8.02. The smallest absolute Gasteiger partial charge is 0.278 e. The van der Waals surface area contributed by atoms with Crippen molar-refractivity contribution in [3.05, 3.63) is 176 Å². The summed E-state index contributed by atoms with van der Waals surface area (Å²) in [5.74, 6) is 5.41. The Morgan fingerprint density at radius 3 is 1.17 bits per heavy atom. The van der Waals surface area contributed by atoms with Crippen molar-refractivity contribution in [2.24, 2.45) is 5.41 Å². The molecule has 7 aliphatic heterocycles. The second kappa shape index (κ2) is 45.5. The number of nitrogens with two attached hydrogens (primary N) is 4. The van der Waals surface area contributed by atoms with Gasteiger partial charge in [-0.15, -0.1) is 0 Å². The molecular formula is C100H142F2N12O12+6. The lowest BCUT2D eigenvalue weighted by molar-refractivity contribution is -0.650. The molecule has 682 valence electrons. The molecule has 0 aromatic heterocycles. The zero-order valence-corrected chi connectivity index (χ0v) is 75.1. The molecule has 7 heterocycles. The van der Waals surface area contributed by atoms with Crippen molar-refractivity contribution in [2.75, 3.05) is 111 Å². The maximum atomic E-state index is 14.4. The highest BCUT2D eigenvalue weighted by Crippen LogP contribution is 2.43. The van der Waals surface area contributed by atoms with Crippen LogP contribution in [0.2, 0.25) is 0 Å². The van der Waals surface area contributed by atoms with Gasteiger partial charge in [0.05, 0.1) is 57.6 Å². The minimum atomic E-state index is -0.584. The van der Waals surface area contributed by atoms with Gasteiger partial charge in [0.2, 0.25) is 11.8 Å². The predicted molar refractivity (Wildman–Crippen MR) is 476 cm³/mol. The van der Waals surface area contributed by atoms with Crippen molar-refractivity contribution in [1.82, 2.24) is 30.2 Å². The van der Waals surface area contributed by atoms with Gasteiger partial charge in [-0.3, -0.25) is 28.8 Å². The highest BCUT2D eigenvalue weighted by atomic mass is 19.1.